The molecular weight excluding hydrogens is 385 g/mol. The number of carbonyl (C=O) groups is 2. The molecule has 0 spiro atoms. The van der Waals surface area contributed by atoms with Gasteiger partial charge in [-0.3, -0.25) is 9.59 Å². The number of aromatic nitrogens is 1. The van der Waals surface area contributed by atoms with Crippen molar-refractivity contribution in [1.82, 2.24) is 25.8 Å². The van der Waals surface area contributed by atoms with Crippen LogP contribution in [0.15, 0.2) is 30.6 Å². The predicted molar refractivity (Wildman–Crippen MR) is 114 cm³/mol. The number of fused-ring (bicyclic) bond motifs is 2. The van der Waals surface area contributed by atoms with E-state index in [0.29, 0.717) is 13.0 Å². The molecule has 2 amide bonds. The quantitative estimate of drug-likeness (QED) is 0.581. The van der Waals surface area contributed by atoms with Crippen LogP contribution in [0.3, 0.4) is 0 Å². The number of rotatable bonds is 6. The van der Waals surface area contributed by atoms with E-state index in [-0.39, 0.29) is 35.8 Å². The fraction of sp³-hybridized carbons (Fsp3) is 0.455. The lowest BCUT2D eigenvalue weighted by Gasteiger charge is -2.30. The maximum atomic E-state index is 13.6. The summed E-state index contributed by atoms with van der Waals surface area (Å²) in [6, 6.07) is 3.78. The Balaban J connectivity index is 1.59. The van der Waals surface area contributed by atoms with Crippen molar-refractivity contribution in [2.24, 2.45) is 0 Å². The van der Waals surface area contributed by atoms with Crippen molar-refractivity contribution < 1.29 is 14.0 Å². The van der Waals surface area contributed by atoms with E-state index in [9.17, 15) is 14.0 Å². The summed E-state index contributed by atoms with van der Waals surface area (Å²) >= 11 is 0. The maximum Gasteiger partial charge on any atom is 0.245 e. The smallest absolute Gasteiger partial charge is 0.245 e. The molecule has 1 aromatic carbocycles. The van der Waals surface area contributed by atoms with Crippen molar-refractivity contribution in [1.29, 1.82) is 0 Å². The third kappa shape index (κ3) is 3.45. The minimum atomic E-state index is -0.564. The Kier molecular flexibility index (Phi) is 5.51. The number of likely N-dealkylation sites (tertiary alicyclic amines) is 1. The topological polar surface area (TPSA) is 89.3 Å². The first-order valence-corrected chi connectivity index (χ1v) is 10.5. The molecule has 160 valence electrons. The summed E-state index contributed by atoms with van der Waals surface area (Å²) in [5.74, 6) is -0.545. The van der Waals surface area contributed by atoms with E-state index >= 15 is 0 Å². The molecule has 2 aromatic rings. The van der Waals surface area contributed by atoms with Crippen LogP contribution in [0.25, 0.3) is 16.5 Å². The molecule has 3 heterocycles. The summed E-state index contributed by atoms with van der Waals surface area (Å²) in [5.41, 5.74) is 2.70. The fourth-order valence-electron chi connectivity index (χ4n) is 4.42. The van der Waals surface area contributed by atoms with Gasteiger partial charge in [-0.05, 0) is 45.0 Å². The van der Waals surface area contributed by atoms with Crippen LogP contribution in [0.4, 0.5) is 4.39 Å². The second kappa shape index (κ2) is 8.10. The van der Waals surface area contributed by atoms with Gasteiger partial charge in [-0.1, -0.05) is 6.92 Å². The number of H-pyrrole nitrogens is 1. The molecule has 1 saturated heterocycles. The summed E-state index contributed by atoms with van der Waals surface area (Å²) in [6.45, 7) is 4.29. The standard InChI is InChI=1S/C22H28FN5O2/c1-4-17(27-21(29)12(2)24-3)22(30)28-8-7-18-20(28)16(11-25-18)15-10-26-19-9-13(23)5-6-14(15)19/h5-6,9-12,17-18,20,24-26H,4,7-8H2,1-3H3,(H,27,29). The summed E-state index contributed by atoms with van der Waals surface area (Å²) in [4.78, 5) is 30.7. The predicted octanol–water partition coefficient (Wildman–Crippen LogP) is 1.72. The Bertz CT molecular complexity index is 1000. The number of halogens is 1. The molecule has 4 rings (SSSR count). The van der Waals surface area contributed by atoms with Crippen LogP contribution < -0.4 is 16.0 Å². The molecule has 0 bridgehead atoms. The number of aromatic amines is 1. The maximum absolute atomic E-state index is 13.6. The average Bonchev–Trinajstić information content (AvgIpc) is 3.45. The van der Waals surface area contributed by atoms with Crippen molar-refractivity contribution >= 4 is 28.3 Å². The number of hydrogen-bond donors (Lipinski definition) is 4. The molecular formula is C22H28FN5O2. The Morgan fingerprint density at radius 2 is 2.17 bits per heavy atom. The van der Waals surface area contributed by atoms with Crippen LogP contribution >= 0.6 is 0 Å². The number of hydrogen-bond acceptors (Lipinski definition) is 4. The number of carbonyl (C=O) groups excluding carboxylic acids is 2. The monoisotopic (exact) mass is 413 g/mol. The first-order chi connectivity index (χ1) is 14.4. The summed E-state index contributed by atoms with van der Waals surface area (Å²) in [5, 5.41) is 10.1. The van der Waals surface area contributed by atoms with Gasteiger partial charge >= 0.3 is 0 Å². The molecule has 4 unspecified atom stereocenters. The second-order valence-corrected chi connectivity index (χ2v) is 8.01. The van der Waals surface area contributed by atoms with E-state index < -0.39 is 6.04 Å². The zero-order valence-electron chi connectivity index (χ0n) is 17.5. The molecule has 1 aromatic heterocycles. The average molecular weight is 413 g/mol. The molecule has 0 aliphatic carbocycles. The van der Waals surface area contributed by atoms with Gasteiger partial charge < -0.3 is 25.8 Å². The van der Waals surface area contributed by atoms with Crippen molar-refractivity contribution in [3.8, 4) is 0 Å². The van der Waals surface area contributed by atoms with Crippen molar-refractivity contribution in [3.63, 3.8) is 0 Å². The third-order valence-electron chi connectivity index (χ3n) is 6.26. The van der Waals surface area contributed by atoms with Crippen LogP contribution in [-0.2, 0) is 9.59 Å². The lowest BCUT2D eigenvalue weighted by atomic mass is 9.96. The molecule has 0 radical (unpaired) electrons. The lowest BCUT2D eigenvalue weighted by molar-refractivity contribution is -0.136. The highest BCUT2D eigenvalue weighted by Crippen LogP contribution is 2.38. The molecule has 8 heteroatoms. The molecule has 7 nitrogen and oxygen atoms in total. The first kappa shape index (κ1) is 20.4. The number of amides is 2. The molecule has 30 heavy (non-hydrogen) atoms. The number of nitrogens with one attached hydrogen (secondary N) is 4. The zero-order chi connectivity index (χ0) is 21.4. The van der Waals surface area contributed by atoms with Gasteiger partial charge in [0.25, 0.3) is 0 Å². The van der Waals surface area contributed by atoms with Gasteiger partial charge in [0, 0.05) is 41.0 Å². The molecule has 4 N–H and O–H groups in total. The third-order valence-corrected chi connectivity index (χ3v) is 6.26. The minimum Gasteiger partial charge on any atom is -0.385 e. The summed E-state index contributed by atoms with van der Waals surface area (Å²) in [7, 11) is 1.71. The minimum absolute atomic E-state index is 0.0675. The van der Waals surface area contributed by atoms with E-state index in [1.54, 1.807) is 20.0 Å². The zero-order valence-corrected chi connectivity index (χ0v) is 17.5. The van der Waals surface area contributed by atoms with Gasteiger partial charge in [-0.15, -0.1) is 0 Å². The van der Waals surface area contributed by atoms with Crippen LogP contribution in [0.5, 0.6) is 0 Å². The van der Waals surface area contributed by atoms with E-state index in [2.05, 4.69) is 20.9 Å². The normalized spacial score (nSPS) is 22.4. The Labute approximate surface area is 175 Å². The van der Waals surface area contributed by atoms with Gasteiger partial charge in [0.2, 0.25) is 11.8 Å². The SMILES string of the molecule is CCC(NC(=O)C(C)NC)C(=O)N1CCC2NC=C(c3c[nH]c4cc(F)ccc34)C21. The van der Waals surface area contributed by atoms with E-state index in [0.717, 1.165) is 28.5 Å². The van der Waals surface area contributed by atoms with Gasteiger partial charge in [0.1, 0.15) is 11.9 Å². The highest BCUT2D eigenvalue weighted by Gasteiger charge is 2.44. The molecule has 2 aliphatic heterocycles. The van der Waals surface area contributed by atoms with Gasteiger partial charge in [-0.25, -0.2) is 4.39 Å². The molecule has 0 saturated carbocycles. The summed E-state index contributed by atoms with van der Waals surface area (Å²) in [6.07, 6.45) is 5.19. The van der Waals surface area contributed by atoms with Crippen LogP contribution in [0.2, 0.25) is 0 Å². The molecule has 1 fully saturated rings. The number of benzene rings is 1. The molecule has 2 aliphatic rings. The molecule has 4 atom stereocenters. The van der Waals surface area contributed by atoms with Gasteiger partial charge in [0.05, 0.1) is 18.1 Å². The van der Waals surface area contributed by atoms with E-state index in [1.807, 2.05) is 24.2 Å². The second-order valence-electron chi connectivity index (χ2n) is 8.01. The summed E-state index contributed by atoms with van der Waals surface area (Å²) < 4.78 is 13.6. The highest BCUT2D eigenvalue weighted by atomic mass is 19.1. The van der Waals surface area contributed by atoms with Crippen LogP contribution in [-0.4, -0.2) is 59.5 Å². The largest absolute Gasteiger partial charge is 0.385 e. The first-order valence-electron chi connectivity index (χ1n) is 10.5. The highest BCUT2D eigenvalue weighted by molar-refractivity contribution is 5.96. The van der Waals surface area contributed by atoms with Gasteiger partial charge in [0.15, 0.2) is 0 Å². The Morgan fingerprint density at radius 3 is 2.90 bits per heavy atom. The number of nitrogens with zero attached hydrogens (tertiary/aromatic N) is 1. The van der Waals surface area contributed by atoms with E-state index in [4.69, 9.17) is 0 Å². The Hall–Kier alpha value is -2.87. The fourth-order valence-corrected chi connectivity index (χ4v) is 4.42. The van der Waals surface area contributed by atoms with Crippen LogP contribution in [0, 0.1) is 5.82 Å². The van der Waals surface area contributed by atoms with Gasteiger partial charge in [-0.2, -0.15) is 0 Å². The van der Waals surface area contributed by atoms with Crippen LogP contribution in [0.1, 0.15) is 32.3 Å². The van der Waals surface area contributed by atoms with E-state index in [1.165, 1.54) is 12.1 Å². The van der Waals surface area contributed by atoms with Crippen molar-refractivity contribution in [2.45, 2.75) is 50.9 Å². The Morgan fingerprint density at radius 1 is 1.37 bits per heavy atom. The van der Waals surface area contributed by atoms with Crippen molar-refractivity contribution in [3.05, 3.63) is 42.0 Å². The lowest BCUT2D eigenvalue weighted by Crippen LogP contribution is -2.53. The van der Waals surface area contributed by atoms with Crippen molar-refractivity contribution in [2.75, 3.05) is 13.6 Å². The number of likely N-dealkylation sites (N-methyl/N-ethyl adjacent to an activating group) is 1.